The van der Waals surface area contributed by atoms with E-state index < -0.39 is 10.2 Å². The Hall–Kier alpha value is -1.75. The van der Waals surface area contributed by atoms with Crippen LogP contribution in [0.3, 0.4) is 0 Å². The number of benzene rings is 1. The molecule has 1 fully saturated rings. The van der Waals surface area contributed by atoms with E-state index in [0.29, 0.717) is 23.4 Å². The Morgan fingerprint density at radius 1 is 1.43 bits per heavy atom. The number of nitrogens with one attached hydrogen (secondary N) is 2. The minimum Gasteiger partial charge on any atom is -0.495 e. The molecular formula is C14H18N2O4S. The summed E-state index contributed by atoms with van der Waals surface area (Å²) in [5.41, 5.74) is 0.981. The minimum absolute atomic E-state index is 0.00600. The Balaban J connectivity index is 2.19. The van der Waals surface area contributed by atoms with E-state index in [1.54, 1.807) is 18.2 Å². The van der Waals surface area contributed by atoms with Crippen LogP contribution in [0, 0.1) is 11.8 Å². The lowest BCUT2D eigenvalue weighted by atomic mass is 10.2. The van der Waals surface area contributed by atoms with Crippen LogP contribution in [0.4, 0.5) is 5.69 Å². The van der Waals surface area contributed by atoms with Gasteiger partial charge in [-0.1, -0.05) is 11.8 Å². The average molecular weight is 310 g/mol. The number of anilines is 1. The second-order valence-electron chi connectivity index (χ2n) is 4.69. The fraction of sp³-hybridized carbons (Fsp3) is 0.429. The Morgan fingerprint density at radius 3 is 2.81 bits per heavy atom. The lowest BCUT2D eigenvalue weighted by Crippen LogP contribution is -2.31. The fourth-order valence-electron chi connectivity index (χ4n) is 1.68. The van der Waals surface area contributed by atoms with Crippen molar-refractivity contribution in [1.29, 1.82) is 0 Å². The number of aliphatic hydroxyl groups excluding tert-OH is 1. The van der Waals surface area contributed by atoms with Crippen LogP contribution in [-0.2, 0) is 10.2 Å². The second kappa shape index (κ2) is 6.80. The van der Waals surface area contributed by atoms with Gasteiger partial charge in [-0.25, -0.2) is 0 Å². The summed E-state index contributed by atoms with van der Waals surface area (Å²) in [6.07, 6.45) is 2.10. The molecule has 1 aromatic rings. The molecule has 7 heteroatoms. The van der Waals surface area contributed by atoms with Crippen molar-refractivity contribution in [3.8, 4) is 17.6 Å². The highest BCUT2D eigenvalue weighted by molar-refractivity contribution is 7.90. The Bertz CT molecular complexity index is 657. The Morgan fingerprint density at radius 2 is 2.19 bits per heavy atom. The van der Waals surface area contributed by atoms with Crippen molar-refractivity contribution in [3.63, 3.8) is 0 Å². The Kier molecular flexibility index (Phi) is 5.07. The van der Waals surface area contributed by atoms with Crippen LogP contribution in [0.25, 0.3) is 0 Å². The normalized spacial score (nSPS) is 14.2. The van der Waals surface area contributed by atoms with Crippen LogP contribution in [0.5, 0.6) is 5.75 Å². The average Bonchev–Trinajstić information content (AvgIpc) is 3.22. The summed E-state index contributed by atoms with van der Waals surface area (Å²) < 4.78 is 34.0. The molecule has 1 aliphatic rings. The van der Waals surface area contributed by atoms with Gasteiger partial charge in [0.2, 0.25) is 0 Å². The predicted octanol–water partition coefficient (Wildman–Crippen LogP) is 0.838. The van der Waals surface area contributed by atoms with Crippen LogP contribution in [-0.4, -0.2) is 33.3 Å². The maximum Gasteiger partial charge on any atom is 0.299 e. The van der Waals surface area contributed by atoms with Crippen LogP contribution >= 0.6 is 0 Å². The summed E-state index contributed by atoms with van der Waals surface area (Å²) in [5.74, 6) is 6.06. The van der Waals surface area contributed by atoms with Gasteiger partial charge < -0.3 is 9.84 Å². The highest BCUT2D eigenvalue weighted by Gasteiger charge is 2.27. The molecule has 0 bridgehead atoms. The van der Waals surface area contributed by atoms with Gasteiger partial charge in [0, 0.05) is 18.0 Å². The first-order chi connectivity index (χ1) is 10.0. The van der Waals surface area contributed by atoms with Crippen molar-refractivity contribution in [2.45, 2.75) is 25.3 Å². The first-order valence-electron chi connectivity index (χ1n) is 6.62. The third kappa shape index (κ3) is 4.93. The van der Waals surface area contributed by atoms with E-state index in [2.05, 4.69) is 21.3 Å². The van der Waals surface area contributed by atoms with Crippen molar-refractivity contribution in [3.05, 3.63) is 23.8 Å². The topological polar surface area (TPSA) is 87.7 Å². The highest BCUT2D eigenvalue weighted by Crippen LogP contribution is 2.27. The maximum atomic E-state index is 11.9. The van der Waals surface area contributed by atoms with E-state index in [1.165, 1.54) is 7.11 Å². The number of rotatable bonds is 6. The maximum absolute atomic E-state index is 11.9. The van der Waals surface area contributed by atoms with Crippen LogP contribution < -0.4 is 14.2 Å². The predicted molar refractivity (Wildman–Crippen MR) is 80.3 cm³/mol. The summed E-state index contributed by atoms with van der Waals surface area (Å²) >= 11 is 0. The van der Waals surface area contributed by atoms with E-state index in [-0.39, 0.29) is 12.6 Å². The molecule has 0 amide bonds. The standard InChI is InChI=1S/C14H18N2O4S/c1-20-14-8-5-11(4-2-3-9-17)10-13(14)16-21(18,19)15-12-6-7-12/h5,8,10,12,15-17H,3,6-7,9H2,1H3. The summed E-state index contributed by atoms with van der Waals surface area (Å²) in [7, 11) is -2.14. The van der Waals surface area contributed by atoms with Crippen molar-refractivity contribution in [1.82, 2.24) is 4.72 Å². The van der Waals surface area contributed by atoms with Crippen LogP contribution in [0.1, 0.15) is 24.8 Å². The largest absolute Gasteiger partial charge is 0.495 e. The summed E-state index contributed by atoms with van der Waals surface area (Å²) in [5, 5.41) is 8.70. The van der Waals surface area contributed by atoms with Crippen LogP contribution in [0.2, 0.25) is 0 Å². The van der Waals surface area contributed by atoms with Gasteiger partial charge in [-0.05, 0) is 31.0 Å². The molecule has 21 heavy (non-hydrogen) atoms. The fourth-order valence-corrected chi connectivity index (χ4v) is 2.86. The molecule has 114 valence electrons. The zero-order valence-corrected chi connectivity index (χ0v) is 12.5. The zero-order valence-electron chi connectivity index (χ0n) is 11.7. The molecule has 1 aromatic carbocycles. The molecule has 0 radical (unpaired) electrons. The molecule has 2 rings (SSSR count). The first-order valence-corrected chi connectivity index (χ1v) is 8.10. The van der Waals surface area contributed by atoms with Gasteiger partial charge in [-0.3, -0.25) is 4.72 Å². The molecule has 0 spiro atoms. The number of hydrogen-bond acceptors (Lipinski definition) is 4. The lowest BCUT2D eigenvalue weighted by molar-refractivity contribution is 0.305. The van der Waals surface area contributed by atoms with Gasteiger partial charge in [-0.2, -0.15) is 13.1 Å². The summed E-state index contributed by atoms with van der Waals surface area (Å²) in [6, 6.07) is 5.02. The molecular weight excluding hydrogens is 292 g/mol. The smallest absolute Gasteiger partial charge is 0.299 e. The summed E-state index contributed by atoms with van der Waals surface area (Å²) in [6.45, 7) is -0.00600. The third-order valence-electron chi connectivity index (χ3n) is 2.81. The van der Waals surface area contributed by atoms with Crippen molar-refractivity contribution in [2.24, 2.45) is 0 Å². The quantitative estimate of drug-likeness (QED) is 0.679. The number of methoxy groups -OCH3 is 1. The SMILES string of the molecule is COc1ccc(C#CCCO)cc1NS(=O)(=O)NC1CC1. The molecule has 3 N–H and O–H groups in total. The van der Waals surface area contributed by atoms with Gasteiger partial charge in [0.15, 0.2) is 0 Å². The monoisotopic (exact) mass is 310 g/mol. The molecule has 1 aliphatic carbocycles. The van der Waals surface area contributed by atoms with Gasteiger partial charge >= 0.3 is 0 Å². The lowest BCUT2D eigenvalue weighted by Gasteiger charge is -2.12. The van der Waals surface area contributed by atoms with E-state index >= 15 is 0 Å². The molecule has 0 unspecified atom stereocenters. The molecule has 6 nitrogen and oxygen atoms in total. The molecule has 0 heterocycles. The molecule has 0 aliphatic heterocycles. The molecule has 0 atom stereocenters. The minimum atomic E-state index is -3.61. The van der Waals surface area contributed by atoms with Crippen molar-refractivity contribution >= 4 is 15.9 Å². The van der Waals surface area contributed by atoms with Gasteiger partial charge in [0.05, 0.1) is 19.4 Å². The van der Waals surface area contributed by atoms with E-state index in [1.807, 2.05) is 0 Å². The van der Waals surface area contributed by atoms with Gasteiger partial charge in [0.1, 0.15) is 5.75 Å². The highest BCUT2D eigenvalue weighted by atomic mass is 32.2. The summed E-state index contributed by atoms with van der Waals surface area (Å²) in [4.78, 5) is 0. The molecule has 0 saturated heterocycles. The van der Waals surface area contributed by atoms with Gasteiger partial charge in [-0.15, -0.1) is 0 Å². The first kappa shape index (κ1) is 15.6. The molecule has 0 aromatic heterocycles. The number of ether oxygens (including phenoxy) is 1. The van der Waals surface area contributed by atoms with Gasteiger partial charge in [0.25, 0.3) is 10.2 Å². The zero-order chi connectivity index (χ0) is 15.3. The molecule has 1 saturated carbocycles. The third-order valence-corrected chi connectivity index (χ3v) is 3.94. The van der Waals surface area contributed by atoms with Crippen molar-refractivity contribution < 1.29 is 18.3 Å². The van der Waals surface area contributed by atoms with Crippen LogP contribution in [0.15, 0.2) is 18.2 Å². The van der Waals surface area contributed by atoms with E-state index in [4.69, 9.17) is 9.84 Å². The number of aliphatic hydroxyl groups is 1. The van der Waals surface area contributed by atoms with E-state index in [9.17, 15) is 8.42 Å². The van der Waals surface area contributed by atoms with E-state index in [0.717, 1.165) is 12.8 Å². The number of hydrogen-bond donors (Lipinski definition) is 3. The second-order valence-corrected chi connectivity index (χ2v) is 6.13. The van der Waals surface area contributed by atoms with Crippen molar-refractivity contribution in [2.75, 3.05) is 18.4 Å². The Labute approximate surface area is 124 Å².